The van der Waals surface area contributed by atoms with E-state index in [1.165, 1.54) is 38.7 Å². The molecule has 2 aromatic heterocycles. The second-order valence-electron chi connectivity index (χ2n) is 9.41. The van der Waals surface area contributed by atoms with Crippen molar-refractivity contribution in [3.05, 3.63) is 66.3 Å². The summed E-state index contributed by atoms with van der Waals surface area (Å²) in [5.41, 5.74) is 1.30. The van der Waals surface area contributed by atoms with E-state index in [2.05, 4.69) is 37.0 Å². The summed E-state index contributed by atoms with van der Waals surface area (Å²) in [6.45, 7) is 8.02. The maximum atomic E-state index is 15.2. The molecule has 1 aliphatic heterocycles. The average Bonchev–Trinajstić information content (AvgIpc) is 2.99. The number of hydrogen-bond donors (Lipinski definition) is 1. The number of anilines is 1. The third kappa shape index (κ3) is 6.03. The molecule has 0 bridgehead atoms. The summed E-state index contributed by atoms with van der Waals surface area (Å²) in [7, 11) is 2.54. The molecule has 0 spiro atoms. The molecule has 4 aromatic rings. The molecule has 0 aliphatic carbocycles. The van der Waals surface area contributed by atoms with Gasteiger partial charge in [-0.25, -0.2) is 18.6 Å². The number of aromatic nitrogens is 3. The Morgan fingerprint density at radius 2 is 1.54 bits per heavy atom. The summed E-state index contributed by atoms with van der Waals surface area (Å²) in [5.74, 6) is -2.20. The number of nitrogens with one attached hydrogen (secondary N) is 1. The summed E-state index contributed by atoms with van der Waals surface area (Å²) in [6.07, 6.45) is 3.55. The van der Waals surface area contributed by atoms with E-state index >= 15 is 8.78 Å². The summed E-state index contributed by atoms with van der Waals surface area (Å²) in [6, 6.07) is 7.55. The molecule has 3 heterocycles. The lowest BCUT2D eigenvalue weighted by molar-refractivity contribution is 0.131. The van der Waals surface area contributed by atoms with E-state index in [-0.39, 0.29) is 33.8 Å². The molecule has 1 saturated heterocycles. The van der Waals surface area contributed by atoms with Gasteiger partial charge in [-0.3, -0.25) is 20.2 Å². The number of carbonyl (C=O) groups is 1. The molecule has 10 nitrogen and oxygen atoms in total. The van der Waals surface area contributed by atoms with Crippen LogP contribution in [0.2, 0.25) is 0 Å². The Morgan fingerprint density at radius 1 is 0.878 bits per heavy atom. The quantitative estimate of drug-likeness (QED) is 0.325. The van der Waals surface area contributed by atoms with E-state index in [0.29, 0.717) is 5.69 Å². The molecule has 1 fully saturated rings. The van der Waals surface area contributed by atoms with Gasteiger partial charge in [0.25, 0.3) is 0 Å². The number of fused-ring (bicyclic) bond motifs is 1. The van der Waals surface area contributed by atoms with Gasteiger partial charge in [0.2, 0.25) is 0 Å². The molecule has 2 aromatic carbocycles. The van der Waals surface area contributed by atoms with Crippen molar-refractivity contribution in [2.75, 3.05) is 52.3 Å². The van der Waals surface area contributed by atoms with Crippen LogP contribution in [0.25, 0.3) is 22.2 Å². The van der Waals surface area contributed by atoms with E-state index in [4.69, 9.17) is 14.2 Å². The molecular weight excluding hydrogens is 534 g/mol. The molecule has 5 rings (SSSR count). The van der Waals surface area contributed by atoms with Crippen LogP contribution in [-0.2, 0) is 6.54 Å². The number of likely N-dealkylation sites (N-methyl/N-ethyl adjacent to an activating group) is 1. The standard InChI is InChI=1S/C29H30F2N6O4/c1-4-36-11-13-37(14-12-36)17-19-6-5-18(16-34-19)35-29(38)41-21-8-7-20(27-28(21)33-10-9-32-27)24-25(30)22(39-2)15-23(40-3)26(24)31/h5-10,15-16H,4,11-14,17H2,1-3H3,(H,35,38). The van der Waals surface area contributed by atoms with Crippen LogP contribution in [0.15, 0.2) is 48.9 Å². The van der Waals surface area contributed by atoms with Gasteiger partial charge < -0.3 is 19.1 Å². The monoisotopic (exact) mass is 564 g/mol. The van der Waals surface area contributed by atoms with E-state index in [1.807, 2.05) is 6.07 Å². The molecule has 41 heavy (non-hydrogen) atoms. The van der Waals surface area contributed by atoms with Crippen molar-refractivity contribution < 1.29 is 27.8 Å². The molecule has 1 aliphatic rings. The highest BCUT2D eigenvalue weighted by atomic mass is 19.1. The SMILES string of the molecule is CCN1CCN(Cc2ccc(NC(=O)Oc3ccc(-c4c(F)c(OC)cc(OC)c4F)c4nccnc34)cn2)CC1. The van der Waals surface area contributed by atoms with E-state index in [1.54, 1.807) is 12.3 Å². The number of benzene rings is 2. The van der Waals surface area contributed by atoms with Crippen LogP contribution >= 0.6 is 0 Å². The Kier molecular flexibility index (Phi) is 8.50. The van der Waals surface area contributed by atoms with E-state index < -0.39 is 23.3 Å². The topological polar surface area (TPSA) is 102 Å². The van der Waals surface area contributed by atoms with E-state index in [9.17, 15) is 4.79 Å². The van der Waals surface area contributed by atoms with Crippen molar-refractivity contribution in [2.45, 2.75) is 13.5 Å². The minimum absolute atomic E-state index is 0.0563. The Bertz CT molecular complexity index is 1520. The zero-order valence-corrected chi connectivity index (χ0v) is 23.0. The Morgan fingerprint density at radius 3 is 2.15 bits per heavy atom. The van der Waals surface area contributed by atoms with Gasteiger partial charge in [0.1, 0.15) is 11.0 Å². The van der Waals surface area contributed by atoms with Crippen molar-refractivity contribution in [3.63, 3.8) is 0 Å². The highest BCUT2D eigenvalue weighted by molar-refractivity contribution is 5.97. The van der Waals surface area contributed by atoms with E-state index in [0.717, 1.165) is 51.0 Å². The van der Waals surface area contributed by atoms with Crippen LogP contribution in [-0.4, -0.2) is 77.8 Å². The van der Waals surface area contributed by atoms with Gasteiger partial charge in [-0.15, -0.1) is 0 Å². The fourth-order valence-electron chi connectivity index (χ4n) is 4.77. The number of pyridine rings is 1. The Hall–Kier alpha value is -4.42. The van der Waals surface area contributed by atoms with Gasteiger partial charge in [0.15, 0.2) is 28.9 Å². The second-order valence-corrected chi connectivity index (χ2v) is 9.41. The molecule has 214 valence electrons. The third-order valence-corrected chi connectivity index (χ3v) is 7.00. The van der Waals surface area contributed by atoms with Crippen molar-refractivity contribution in [1.82, 2.24) is 24.8 Å². The van der Waals surface area contributed by atoms with Crippen LogP contribution in [0.1, 0.15) is 12.6 Å². The number of ether oxygens (including phenoxy) is 3. The molecule has 0 radical (unpaired) electrons. The normalized spacial score (nSPS) is 14.2. The first kappa shape index (κ1) is 28.1. The largest absolute Gasteiger partial charge is 0.494 e. The smallest absolute Gasteiger partial charge is 0.417 e. The predicted molar refractivity (Wildman–Crippen MR) is 149 cm³/mol. The van der Waals surface area contributed by atoms with Crippen molar-refractivity contribution >= 4 is 22.8 Å². The summed E-state index contributed by atoms with van der Waals surface area (Å²) < 4.78 is 46.1. The highest BCUT2D eigenvalue weighted by Gasteiger charge is 2.25. The lowest BCUT2D eigenvalue weighted by Crippen LogP contribution is -2.45. The van der Waals surface area contributed by atoms with Gasteiger partial charge in [-0.05, 0) is 30.8 Å². The molecule has 12 heteroatoms. The van der Waals surface area contributed by atoms with Crippen molar-refractivity contribution in [3.8, 4) is 28.4 Å². The number of halogens is 2. The molecule has 0 unspecified atom stereocenters. The summed E-state index contributed by atoms with van der Waals surface area (Å²) >= 11 is 0. The minimum atomic E-state index is -0.927. The summed E-state index contributed by atoms with van der Waals surface area (Å²) in [5, 5.41) is 2.65. The zero-order valence-electron chi connectivity index (χ0n) is 23.0. The number of amides is 1. The molecule has 0 atom stereocenters. The molecule has 1 amide bonds. The molecule has 1 N–H and O–H groups in total. The van der Waals surface area contributed by atoms with Crippen LogP contribution in [0.5, 0.6) is 17.2 Å². The lowest BCUT2D eigenvalue weighted by atomic mass is 10.0. The first-order valence-electron chi connectivity index (χ1n) is 13.1. The Labute approximate surface area is 235 Å². The van der Waals surface area contributed by atoms with Crippen molar-refractivity contribution in [2.24, 2.45) is 0 Å². The number of piperazine rings is 1. The lowest BCUT2D eigenvalue weighted by Gasteiger charge is -2.33. The first-order valence-corrected chi connectivity index (χ1v) is 13.1. The second kappa shape index (κ2) is 12.4. The predicted octanol–water partition coefficient (Wildman–Crippen LogP) is 4.74. The van der Waals surface area contributed by atoms with Crippen LogP contribution < -0.4 is 19.5 Å². The number of nitrogens with zero attached hydrogens (tertiary/aromatic N) is 5. The average molecular weight is 565 g/mol. The van der Waals surface area contributed by atoms with Gasteiger partial charge in [-0.1, -0.05) is 6.92 Å². The minimum Gasteiger partial charge on any atom is -0.494 e. The number of hydrogen-bond acceptors (Lipinski definition) is 9. The van der Waals surface area contributed by atoms with Crippen molar-refractivity contribution in [1.29, 1.82) is 0 Å². The fourth-order valence-corrected chi connectivity index (χ4v) is 4.77. The third-order valence-electron chi connectivity index (χ3n) is 7.00. The van der Waals surface area contributed by atoms with Gasteiger partial charge >= 0.3 is 6.09 Å². The molecular formula is C29H30F2N6O4. The number of rotatable bonds is 8. The van der Waals surface area contributed by atoms with Crippen LogP contribution in [0.4, 0.5) is 19.3 Å². The fraction of sp³-hybridized carbons (Fsp3) is 0.310. The van der Waals surface area contributed by atoms with Gasteiger partial charge in [-0.2, -0.15) is 0 Å². The van der Waals surface area contributed by atoms with Gasteiger partial charge in [0.05, 0.1) is 37.4 Å². The molecule has 0 saturated carbocycles. The zero-order chi connectivity index (χ0) is 28.9. The van der Waals surface area contributed by atoms with Crippen LogP contribution in [0.3, 0.4) is 0 Å². The first-order chi connectivity index (χ1) is 19.9. The van der Waals surface area contributed by atoms with Crippen LogP contribution in [0, 0.1) is 11.6 Å². The maximum Gasteiger partial charge on any atom is 0.417 e. The highest BCUT2D eigenvalue weighted by Crippen LogP contribution is 2.41. The number of methoxy groups -OCH3 is 2. The summed E-state index contributed by atoms with van der Waals surface area (Å²) in [4.78, 5) is 30.5. The number of carbonyl (C=O) groups excluding carboxylic acids is 1. The Balaban J connectivity index is 1.33. The maximum absolute atomic E-state index is 15.2. The van der Waals surface area contributed by atoms with Gasteiger partial charge in [0, 0.05) is 56.7 Å².